The van der Waals surface area contributed by atoms with Crippen LogP contribution in [-0.2, 0) is 13.1 Å². The van der Waals surface area contributed by atoms with E-state index in [2.05, 4.69) is 10.3 Å². The highest BCUT2D eigenvalue weighted by Crippen LogP contribution is 2.15. The highest BCUT2D eigenvalue weighted by atomic mass is 35.5. The lowest BCUT2D eigenvalue weighted by Gasteiger charge is -2.15. The molecule has 8 heteroatoms. The number of carbonyl (C=O) groups is 1. The standard InChI is InChI=1S/C26H20ClN5O2/c27-21-11-5-4-10-18(21)15-29-25(33)19-14-20-24(30-22-12-6-7-13-31(22)26(20)34)32(23(19)28)16-17-8-2-1-3-9-17/h1-14,28H,15-16H2,(H,29,33). The molecule has 34 heavy (non-hydrogen) atoms. The van der Waals surface area contributed by atoms with Gasteiger partial charge in [-0.1, -0.05) is 66.2 Å². The highest BCUT2D eigenvalue weighted by Gasteiger charge is 2.18. The van der Waals surface area contributed by atoms with Gasteiger partial charge in [-0.15, -0.1) is 0 Å². The van der Waals surface area contributed by atoms with Crippen molar-refractivity contribution in [2.45, 2.75) is 13.1 Å². The Labute approximate surface area is 199 Å². The summed E-state index contributed by atoms with van der Waals surface area (Å²) in [5.74, 6) is -0.466. The summed E-state index contributed by atoms with van der Waals surface area (Å²) in [5.41, 5.74) is 2.26. The van der Waals surface area contributed by atoms with Crippen LogP contribution in [0.5, 0.6) is 0 Å². The Balaban J connectivity index is 1.66. The first kappa shape index (κ1) is 21.6. The largest absolute Gasteiger partial charge is 0.348 e. The van der Waals surface area contributed by atoms with E-state index in [1.807, 2.05) is 48.5 Å². The number of carbonyl (C=O) groups excluding carboxylic acids is 1. The Hall–Kier alpha value is -4.23. The zero-order chi connectivity index (χ0) is 23.7. The van der Waals surface area contributed by atoms with Crippen molar-refractivity contribution in [1.29, 1.82) is 5.41 Å². The molecular weight excluding hydrogens is 450 g/mol. The van der Waals surface area contributed by atoms with E-state index in [9.17, 15) is 9.59 Å². The van der Waals surface area contributed by atoms with Crippen LogP contribution in [0.2, 0.25) is 5.02 Å². The molecule has 0 saturated carbocycles. The van der Waals surface area contributed by atoms with Crippen molar-refractivity contribution >= 4 is 34.2 Å². The minimum Gasteiger partial charge on any atom is -0.348 e. The predicted octanol–water partition coefficient (Wildman–Crippen LogP) is 3.76. The van der Waals surface area contributed by atoms with E-state index >= 15 is 0 Å². The van der Waals surface area contributed by atoms with E-state index in [-0.39, 0.29) is 35.1 Å². The number of pyridine rings is 2. The Morgan fingerprint density at radius 1 is 1.00 bits per heavy atom. The van der Waals surface area contributed by atoms with Gasteiger partial charge in [0.2, 0.25) is 0 Å². The van der Waals surface area contributed by atoms with Gasteiger partial charge in [-0.05, 0) is 35.4 Å². The maximum atomic E-state index is 13.3. The van der Waals surface area contributed by atoms with E-state index in [0.29, 0.717) is 16.3 Å². The van der Waals surface area contributed by atoms with Crippen molar-refractivity contribution in [3.05, 3.63) is 123 Å². The van der Waals surface area contributed by atoms with Gasteiger partial charge >= 0.3 is 0 Å². The Kier molecular flexibility index (Phi) is 5.69. The number of hydrogen-bond acceptors (Lipinski definition) is 4. The lowest BCUT2D eigenvalue weighted by molar-refractivity contribution is 0.0948. The van der Waals surface area contributed by atoms with E-state index in [0.717, 1.165) is 11.1 Å². The molecule has 3 aromatic heterocycles. The molecule has 7 nitrogen and oxygen atoms in total. The van der Waals surface area contributed by atoms with Gasteiger partial charge in [0.25, 0.3) is 11.5 Å². The fourth-order valence-corrected chi connectivity index (χ4v) is 4.10. The molecule has 0 aliphatic rings. The first-order chi connectivity index (χ1) is 16.5. The molecule has 2 aromatic carbocycles. The first-order valence-corrected chi connectivity index (χ1v) is 11.1. The lowest BCUT2D eigenvalue weighted by atomic mass is 10.1. The quantitative estimate of drug-likeness (QED) is 0.384. The molecule has 5 aromatic rings. The van der Waals surface area contributed by atoms with Gasteiger partial charge in [0.15, 0.2) is 0 Å². The van der Waals surface area contributed by atoms with E-state index < -0.39 is 5.91 Å². The molecule has 0 bridgehead atoms. The van der Waals surface area contributed by atoms with Crippen molar-refractivity contribution in [2.24, 2.45) is 0 Å². The number of amides is 1. The summed E-state index contributed by atoms with van der Waals surface area (Å²) in [7, 11) is 0. The minimum absolute atomic E-state index is 0.0276. The average Bonchev–Trinajstić information content (AvgIpc) is 2.86. The Morgan fingerprint density at radius 3 is 2.53 bits per heavy atom. The molecule has 2 N–H and O–H groups in total. The van der Waals surface area contributed by atoms with Gasteiger partial charge in [-0.25, -0.2) is 4.98 Å². The zero-order valence-electron chi connectivity index (χ0n) is 18.0. The zero-order valence-corrected chi connectivity index (χ0v) is 18.8. The van der Waals surface area contributed by atoms with E-state index in [1.54, 1.807) is 35.0 Å². The van der Waals surface area contributed by atoms with Crippen LogP contribution >= 0.6 is 11.6 Å². The second-order valence-corrected chi connectivity index (χ2v) is 8.24. The molecule has 0 aliphatic heterocycles. The van der Waals surface area contributed by atoms with Gasteiger partial charge in [-0.3, -0.25) is 19.4 Å². The summed E-state index contributed by atoms with van der Waals surface area (Å²) in [6.45, 7) is 0.487. The monoisotopic (exact) mass is 469 g/mol. The maximum absolute atomic E-state index is 13.3. The predicted molar refractivity (Wildman–Crippen MR) is 131 cm³/mol. The second-order valence-electron chi connectivity index (χ2n) is 7.84. The van der Waals surface area contributed by atoms with Gasteiger partial charge < -0.3 is 9.88 Å². The minimum atomic E-state index is -0.466. The number of hydrogen-bond donors (Lipinski definition) is 2. The topological polar surface area (TPSA) is 92.2 Å². The fraction of sp³-hybridized carbons (Fsp3) is 0.0769. The summed E-state index contributed by atoms with van der Waals surface area (Å²) < 4.78 is 3.04. The van der Waals surface area contributed by atoms with Crippen LogP contribution < -0.4 is 16.4 Å². The fourth-order valence-electron chi connectivity index (χ4n) is 3.89. The van der Waals surface area contributed by atoms with Crippen LogP contribution in [-0.4, -0.2) is 19.9 Å². The van der Waals surface area contributed by atoms with Gasteiger partial charge in [0.1, 0.15) is 16.8 Å². The smallest absolute Gasteiger partial charge is 0.267 e. The molecule has 0 radical (unpaired) electrons. The molecule has 168 valence electrons. The third-order valence-electron chi connectivity index (χ3n) is 5.64. The number of fused-ring (bicyclic) bond motifs is 2. The van der Waals surface area contributed by atoms with E-state index in [1.165, 1.54) is 10.5 Å². The summed E-state index contributed by atoms with van der Waals surface area (Å²) in [6, 6.07) is 23.5. The maximum Gasteiger partial charge on any atom is 0.267 e. The Bertz CT molecular complexity index is 1660. The van der Waals surface area contributed by atoms with Crippen LogP contribution in [0.4, 0.5) is 0 Å². The number of aromatic nitrogens is 3. The van der Waals surface area contributed by atoms with Gasteiger partial charge in [0.05, 0.1) is 17.5 Å². The number of benzene rings is 2. The van der Waals surface area contributed by atoms with Crippen LogP contribution in [0.3, 0.4) is 0 Å². The van der Waals surface area contributed by atoms with Crippen LogP contribution in [0.1, 0.15) is 21.5 Å². The SMILES string of the molecule is N=c1c(C(=O)NCc2ccccc2Cl)cc2c(=O)n3ccccc3nc2n1Cc1ccccc1. The molecule has 0 fully saturated rings. The molecule has 0 aliphatic carbocycles. The molecule has 1 amide bonds. The highest BCUT2D eigenvalue weighted by molar-refractivity contribution is 6.31. The third-order valence-corrected chi connectivity index (χ3v) is 6.01. The molecular formula is C26H20ClN5O2. The van der Waals surface area contributed by atoms with Crippen molar-refractivity contribution in [1.82, 2.24) is 19.3 Å². The molecule has 0 spiro atoms. The molecule has 0 atom stereocenters. The van der Waals surface area contributed by atoms with Gasteiger partial charge in [-0.2, -0.15) is 0 Å². The van der Waals surface area contributed by atoms with Crippen molar-refractivity contribution in [3.8, 4) is 0 Å². The molecule has 0 saturated heterocycles. The van der Waals surface area contributed by atoms with Crippen molar-refractivity contribution in [2.75, 3.05) is 0 Å². The van der Waals surface area contributed by atoms with E-state index in [4.69, 9.17) is 17.0 Å². The van der Waals surface area contributed by atoms with Gasteiger partial charge in [0, 0.05) is 17.8 Å². The lowest BCUT2D eigenvalue weighted by Crippen LogP contribution is -2.35. The number of rotatable bonds is 5. The normalized spacial score (nSPS) is 11.1. The van der Waals surface area contributed by atoms with Crippen molar-refractivity contribution in [3.63, 3.8) is 0 Å². The van der Waals surface area contributed by atoms with Crippen molar-refractivity contribution < 1.29 is 4.79 Å². The number of halogens is 1. The average molecular weight is 470 g/mol. The van der Waals surface area contributed by atoms with Crippen LogP contribution in [0.25, 0.3) is 16.7 Å². The summed E-state index contributed by atoms with van der Waals surface area (Å²) in [4.78, 5) is 31.1. The summed E-state index contributed by atoms with van der Waals surface area (Å²) >= 11 is 6.21. The van der Waals surface area contributed by atoms with Crippen LogP contribution in [0.15, 0.2) is 89.9 Å². The Morgan fingerprint density at radius 2 is 1.74 bits per heavy atom. The first-order valence-electron chi connectivity index (χ1n) is 10.7. The molecule has 0 unspecified atom stereocenters. The summed E-state index contributed by atoms with van der Waals surface area (Å²) in [6.07, 6.45) is 1.64. The summed E-state index contributed by atoms with van der Waals surface area (Å²) in [5, 5.41) is 12.5. The molecule has 3 heterocycles. The third kappa shape index (κ3) is 3.97. The number of nitrogens with one attached hydrogen (secondary N) is 2. The second kappa shape index (κ2) is 8.96. The molecule has 5 rings (SSSR count). The van der Waals surface area contributed by atoms with Crippen LogP contribution in [0, 0.1) is 5.41 Å². The number of nitrogens with zero attached hydrogens (tertiary/aromatic N) is 3.